The van der Waals surface area contributed by atoms with E-state index in [0.717, 1.165) is 6.42 Å². The normalized spacial score (nSPS) is 28.2. The average Bonchev–Trinajstić information content (AvgIpc) is 2.29. The topological polar surface area (TPSA) is 41.1 Å². The molecule has 1 amide bonds. The van der Waals surface area contributed by atoms with Crippen LogP contribution in [0.25, 0.3) is 0 Å². The Kier molecular flexibility index (Phi) is 3.02. The second kappa shape index (κ2) is 4.45. The summed E-state index contributed by atoms with van der Waals surface area (Å²) in [6.45, 7) is 2.61. The Balaban J connectivity index is 2.06. The molecule has 15 heavy (non-hydrogen) atoms. The van der Waals surface area contributed by atoms with E-state index in [-0.39, 0.29) is 11.9 Å². The minimum Gasteiger partial charge on any atom is -0.355 e. The van der Waals surface area contributed by atoms with Gasteiger partial charge in [0.25, 0.3) is 0 Å². The number of fused-ring (bicyclic) bond motifs is 1. The lowest BCUT2D eigenvalue weighted by atomic mass is 9.93. The van der Waals surface area contributed by atoms with Gasteiger partial charge in [0.05, 0.1) is 0 Å². The number of carbonyl (C=O) groups excluding carboxylic acids is 1. The summed E-state index contributed by atoms with van der Waals surface area (Å²) in [5.74, 6) is 0.0577. The molecule has 0 fully saturated rings. The van der Waals surface area contributed by atoms with Gasteiger partial charge in [-0.25, -0.2) is 0 Å². The molecule has 0 saturated carbocycles. The predicted molar refractivity (Wildman–Crippen MR) is 60.4 cm³/mol. The standard InChI is InChI=1S/C12H16N2O/c1-2-13-12(15)11-8-7-9-5-3-4-6-10(9)14-11/h3-5,7-8,10-11,14H,2,6H2,1H3,(H,13,15). The monoisotopic (exact) mass is 204 g/mol. The summed E-state index contributed by atoms with van der Waals surface area (Å²) >= 11 is 0. The molecule has 1 heterocycles. The molecule has 0 bridgehead atoms. The van der Waals surface area contributed by atoms with Crippen molar-refractivity contribution in [2.45, 2.75) is 25.4 Å². The first-order chi connectivity index (χ1) is 7.31. The van der Waals surface area contributed by atoms with Gasteiger partial charge in [0, 0.05) is 12.6 Å². The van der Waals surface area contributed by atoms with Gasteiger partial charge in [-0.05, 0) is 18.9 Å². The third-order valence-electron chi connectivity index (χ3n) is 2.69. The Bertz CT molecular complexity index is 342. The van der Waals surface area contributed by atoms with Crippen LogP contribution in [0, 0.1) is 0 Å². The number of likely N-dealkylation sites (N-methyl/N-ethyl adjacent to an activating group) is 1. The lowest BCUT2D eigenvalue weighted by Gasteiger charge is -2.29. The van der Waals surface area contributed by atoms with Gasteiger partial charge in [-0.2, -0.15) is 0 Å². The van der Waals surface area contributed by atoms with Gasteiger partial charge in [-0.15, -0.1) is 0 Å². The smallest absolute Gasteiger partial charge is 0.241 e. The molecular weight excluding hydrogens is 188 g/mol. The van der Waals surface area contributed by atoms with Crippen molar-refractivity contribution in [1.29, 1.82) is 0 Å². The van der Waals surface area contributed by atoms with E-state index < -0.39 is 0 Å². The van der Waals surface area contributed by atoms with Crippen LogP contribution in [0.3, 0.4) is 0 Å². The van der Waals surface area contributed by atoms with Crippen molar-refractivity contribution in [3.05, 3.63) is 36.0 Å². The van der Waals surface area contributed by atoms with Gasteiger partial charge in [-0.1, -0.05) is 30.4 Å². The van der Waals surface area contributed by atoms with E-state index in [1.54, 1.807) is 0 Å². The third-order valence-corrected chi connectivity index (χ3v) is 2.69. The van der Waals surface area contributed by atoms with E-state index in [1.807, 2.05) is 19.1 Å². The molecule has 0 aromatic rings. The summed E-state index contributed by atoms with van der Waals surface area (Å²) in [7, 11) is 0. The van der Waals surface area contributed by atoms with Gasteiger partial charge in [0.2, 0.25) is 5.91 Å². The second-order valence-electron chi connectivity index (χ2n) is 3.78. The van der Waals surface area contributed by atoms with Gasteiger partial charge in [0.1, 0.15) is 6.04 Å². The summed E-state index contributed by atoms with van der Waals surface area (Å²) < 4.78 is 0. The van der Waals surface area contributed by atoms with Crippen molar-refractivity contribution >= 4 is 5.91 Å². The largest absolute Gasteiger partial charge is 0.355 e. The van der Waals surface area contributed by atoms with Crippen LogP contribution in [0.2, 0.25) is 0 Å². The summed E-state index contributed by atoms with van der Waals surface area (Å²) in [6, 6.07) is 0.117. The molecule has 0 spiro atoms. The van der Waals surface area contributed by atoms with Crippen LogP contribution in [-0.2, 0) is 4.79 Å². The van der Waals surface area contributed by atoms with Crippen LogP contribution in [0.4, 0.5) is 0 Å². The maximum atomic E-state index is 11.6. The van der Waals surface area contributed by atoms with Crippen molar-refractivity contribution < 1.29 is 4.79 Å². The minimum absolute atomic E-state index is 0.0577. The van der Waals surface area contributed by atoms with Gasteiger partial charge in [0.15, 0.2) is 0 Å². The molecule has 2 unspecified atom stereocenters. The van der Waals surface area contributed by atoms with E-state index in [2.05, 4.69) is 28.9 Å². The molecule has 3 nitrogen and oxygen atoms in total. The fourth-order valence-electron chi connectivity index (χ4n) is 1.91. The lowest BCUT2D eigenvalue weighted by molar-refractivity contribution is -0.122. The zero-order valence-electron chi connectivity index (χ0n) is 8.86. The molecule has 0 aromatic carbocycles. The summed E-state index contributed by atoms with van der Waals surface area (Å²) in [4.78, 5) is 11.6. The Hall–Kier alpha value is -1.35. The first-order valence-corrected chi connectivity index (χ1v) is 5.40. The first kappa shape index (κ1) is 10.2. The molecule has 0 aromatic heterocycles. The van der Waals surface area contributed by atoms with Gasteiger partial charge in [-0.3, -0.25) is 10.1 Å². The Morgan fingerprint density at radius 2 is 2.53 bits per heavy atom. The first-order valence-electron chi connectivity index (χ1n) is 5.40. The third kappa shape index (κ3) is 2.18. The van der Waals surface area contributed by atoms with Crippen molar-refractivity contribution in [3.8, 4) is 0 Å². The highest BCUT2D eigenvalue weighted by Crippen LogP contribution is 2.19. The van der Waals surface area contributed by atoms with Crippen molar-refractivity contribution in [2.75, 3.05) is 6.54 Å². The van der Waals surface area contributed by atoms with Gasteiger partial charge >= 0.3 is 0 Å². The quantitative estimate of drug-likeness (QED) is 0.702. The van der Waals surface area contributed by atoms with Crippen LogP contribution in [0.5, 0.6) is 0 Å². The summed E-state index contributed by atoms with van der Waals surface area (Å²) in [6.07, 6.45) is 11.2. The zero-order chi connectivity index (χ0) is 10.7. The summed E-state index contributed by atoms with van der Waals surface area (Å²) in [5, 5.41) is 6.14. The molecule has 2 aliphatic rings. The van der Waals surface area contributed by atoms with Crippen molar-refractivity contribution in [2.24, 2.45) is 0 Å². The fraction of sp³-hybridized carbons (Fsp3) is 0.417. The van der Waals surface area contributed by atoms with Crippen LogP contribution >= 0.6 is 0 Å². The molecule has 3 heteroatoms. The molecule has 80 valence electrons. The highest BCUT2D eigenvalue weighted by molar-refractivity contribution is 5.84. The molecule has 2 rings (SSSR count). The van der Waals surface area contributed by atoms with Crippen LogP contribution in [0.15, 0.2) is 36.0 Å². The number of allylic oxidation sites excluding steroid dienone is 2. The second-order valence-corrected chi connectivity index (χ2v) is 3.78. The summed E-state index contributed by atoms with van der Waals surface area (Å²) in [5.41, 5.74) is 1.26. The van der Waals surface area contributed by atoms with Gasteiger partial charge < -0.3 is 5.32 Å². The van der Waals surface area contributed by atoms with Crippen molar-refractivity contribution in [1.82, 2.24) is 10.6 Å². The lowest BCUT2D eigenvalue weighted by Crippen LogP contribution is -2.49. The molecule has 2 atom stereocenters. The van der Waals surface area contributed by atoms with E-state index >= 15 is 0 Å². The van der Waals surface area contributed by atoms with Crippen LogP contribution < -0.4 is 10.6 Å². The van der Waals surface area contributed by atoms with E-state index in [1.165, 1.54) is 5.57 Å². The number of hydrogen-bond acceptors (Lipinski definition) is 2. The zero-order valence-corrected chi connectivity index (χ0v) is 8.86. The average molecular weight is 204 g/mol. The molecule has 1 aliphatic heterocycles. The molecule has 2 N–H and O–H groups in total. The predicted octanol–water partition coefficient (Wildman–Crippen LogP) is 0.905. The number of rotatable bonds is 2. The van der Waals surface area contributed by atoms with Crippen LogP contribution in [-0.4, -0.2) is 24.5 Å². The highest BCUT2D eigenvalue weighted by atomic mass is 16.2. The minimum atomic E-state index is -0.182. The van der Waals surface area contributed by atoms with Crippen molar-refractivity contribution in [3.63, 3.8) is 0 Å². The highest BCUT2D eigenvalue weighted by Gasteiger charge is 2.24. The molecule has 1 aliphatic carbocycles. The Morgan fingerprint density at radius 3 is 3.33 bits per heavy atom. The fourth-order valence-corrected chi connectivity index (χ4v) is 1.91. The Labute approximate surface area is 89.9 Å². The van der Waals surface area contributed by atoms with E-state index in [9.17, 15) is 4.79 Å². The van der Waals surface area contributed by atoms with E-state index in [4.69, 9.17) is 0 Å². The Morgan fingerprint density at radius 1 is 1.67 bits per heavy atom. The van der Waals surface area contributed by atoms with Crippen LogP contribution in [0.1, 0.15) is 13.3 Å². The number of carbonyl (C=O) groups is 1. The maximum absolute atomic E-state index is 11.6. The number of amides is 1. The SMILES string of the molecule is CCNC(=O)C1C=CC2=CC=CCC2N1. The maximum Gasteiger partial charge on any atom is 0.241 e. The molecule has 0 radical (unpaired) electrons. The number of hydrogen-bond donors (Lipinski definition) is 2. The molecule has 0 saturated heterocycles. The number of nitrogens with one attached hydrogen (secondary N) is 2. The van der Waals surface area contributed by atoms with E-state index in [0.29, 0.717) is 12.6 Å². The molecular formula is C12H16N2O.